The molecule has 0 saturated carbocycles. The monoisotopic (exact) mass is 494 g/mol. The number of halogens is 5. The summed E-state index contributed by atoms with van der Waals surface area (Å²) in [7, 11) is 0. The van der Waals surface area contributed by atoms with E-state index in [4.69, 9.17) is 4.74 Å². The fourth-order valence-corrected chi connectivity index (χ4v) is 2.71. The van der Waals surface area contributed by atoms with Crippen LogP contribution < -0.4 is 10.1 Å². The van der Waals surface area contributed by atoms with E-state index in [1.165, 1.54) is 6.20 Å². The largest absolute Gasteiger partial charge is 0.467 e. The smallest absolute Gasteiger partial charge is 0.422 e. The van der Waals surface area contributed by atoms with Gasteiger partial charge in [0.2, 0.25) is 5.88 Å². The van der Waals surface area contributed by atoms with Gasteiger partial charge in [-0.3, -0.25) is 10.3 Å². The highest BCUT2D eigenvalue weighted by Gasteiger charge is 2.29. The molecule has 0 radical (unpaired) electrons. The van der Waals surface area contributed by atoms with Gasteiger partial charge in [-0.1, -0.05) is 0 Å². The predicted octanol–water partition coefficient (Wildman–Crippen LogP) is 4.85. The Bertz CT molecular complexity index is 904. The molecule has 0 fully saturated rings. The summed E-state index contributed by atoms with van der Waals surface area (Å²) in [5.41, 5.74) is -0.159. The van der Waals surface area contributed by atoms with E-state index in [-0.39, 0.29) is 34.6 Å². The zero-order chi connectivity index (χ0) is 22.5. The molecule has 0 atom stereocenters. The van der Waals surface area contributed by atoms with Gasteiger partial charge in [0.15, 0.2) is 6.61 Å². The maximum atomic E-state index is 14.3. The molecule has 0 spiro atoms. The summed E-state index contributed by atoms with van der Waals surface area (Å²) in [6.07, 6.45) is -2.65. The van der Waals surface area contributed by atoms with Crippen LogP contribution in [-0.2, 0) is 17.6 Å². The van der Waals surface area contributed by atoms with Crippen LogP contribution in [0.5, 0.6) is 5.88 Å². The molecular formula is C18H19BrF4N4O3. The predicted molar refractivity (Wildman–Crippen MR) is 103 cm³/mol. The molecule has 2 aromatic rings. The SMILES string of the molecule is CC(C)(C)OC(=O)Nc1cnc(CCc2ncnc(OCC(F)(F)F)c2Br)c(F)c1. The number of nitrogens with zero attached hydrogens (tertiary/aromatic N) is 3. The van der Waals surface area contributed by atoms with Crippen molar-refractivity contribution in [3.05, 3.63) is 40.3 Å². The Morgan fingerprint density at radius 2 is 1.80 bits per heavy atom. The number of hydrogen-bond acceptors (Lipinski definition) is 6. The van der Waals surface area contributed by atoms with Crippen LogP contribution in [0.3, 0.4) is 0 Å². The summed E-state index contributed by atoms with van der Waals surface area (Å²) in [6.45, 7) is 3.59. The first kappa shape index (κ1) is 23.8. The number of hydrogen-bond donors (Lipinski definition) is 1. The van der Waals surface area contributed by atoms with Crippen molar-refractivity contribution in [2.45, 2.75) is 45.4 Å². The van der Waals surface area contributed by atoms with E-state index in [1.54, 1.807) is 20.8 Å². The molecule has 1 amide bonds. The van der Waals surface area contributed by atoms with E-state index in [0.29, 0.717) is 5.69 Å². The highest BCUT2D eigenvalue weighted by molar-refractivity contribution is 9.10. The molecule has 12 heteroatoms. The topological polar surface area (TPSA) is 86.2 Å². The fraction of sp³-hybridized carbons (Fsp3) is 0.444. The highest BCUT2D eigenvalue weighted by atomic mass is 79.9. The van der Waals surface area contributed by atoms with Crippen molar-refractivity contribution in [3.63, 3.8) is 0 Å². The number of aryl methyl sites for hydroxylation is 2. The minimum absolute atomic E-state index is 0.0908. The van der Waals surface area contributed by atoms with Crippen molar-refractivity contribution in [1.82, 2.24) is 15.0 Å². The first-order valence-corrected chi connectivity index (χ1v) is 9.47. The highest BCUT2D eigenvalue weighted by Crippen LogP contribution is 2.27. The molecule has 0 aromatic carbocycles. The van der Waals surface area contributed by atoms with Crippen LogP contribution in [0.25, 0.3) is 0 Å². The number of nitrogens with one attached hydrogen (secondary N) is 1. The Morgan fingerprint density at radius 3 is 2.40 bits per heavy atom. The second-order valence-electron chi connectivity index (χ2n) is 7.12. The summed E-state index contributed by atoms with van der Waals surface area (Å²) in [6, 6.07) is 1.10. The van der Waals surface area contributed by atoms with Crippen molar-refractivity contribution in [3.8, 4) is 5.88 Å². The molecule has 2 heterocycles. The van der Waals surface area contributed by atoms with E-state index in [9.17, 15) is 22.4 Å². The van der Waals surface area contributed by atoms with Gasteiger partial charge in [0.1, 0.15) is 22.2 Å². The van der Waals surface area contributed by atoms with Crippen molar-refractivity contribution < 1.29 is 31.8 Å². The average Bonchev–Trinajstić information content (AvgIpc) is 2.58. The quantitative estimate of drug-likeness (QED) is 0.577. The van der Waals surface area contributed by atoms with E-state index >= 15 is 0 Å². The minimum atomic E-state index is -4.51. The first-order chi connectivity index (χ1) is 13.8. The molecule has 0 aliphatic heterocycles. The van der Waals surface area contributed by atoms with Crippen LogP contribution in [-0.4, -0.2) is 39.4 Å². The number of amides is 1. The van der Waals surface area contributed by atoms with Gasteiger partial charge in [-0.05, 0) is 49.5 Å². The van der Waals surface area contributed by atoms with E-state index in [1.807, 2.05) is 0 Å². The molecule has 0 saturated heterocycles. The number of rotatable bonds is 6. The third-order valence-corrected chi connectivity index (χ3v) is 4.16. The van der Waals surface area contributed by atoms with Crippen LogP contribution in [0.15, 0.2) is 23.1 Å². The number of pyridine rings is 1. The molecule has 2 rings (SSSR count). The van der Waals surface area contributed by atoms with E-state index < -0.39 is 30.3 Å². The lowest BCUT2D eigenvalue weighted by Gasteiger charge is -2.19. The van der Waals surface area contributed by atoms with Crippen LogP contribution in [0.4, 0.5) is 28.0 Å². The van der Waals surface area contributed by atoms with Gasteiger partial charge in [-0.25, -0.2) is 19.2 Å². The number of carbonyl (C=O) groups excluding carboxylic acids is 1. The van der Waals surface area contributed by atoms with E-state index in [2.05, 4.69) is 40.9 Å². The molecule has 30 heavy (non-hydrogen) atoms. The van der Waals surface area contributed by atoms with Gasteiger partial charge in [0.25, 0.3) is 0 Å². The lowest BCUT2D eigenvalue weighted by Crippen LogP contribution is -2.27. The Kier molecular flexibility index (Phi) is 7.56. The number of aromatic nitrogens is 3. The summed E-state index contributed by atoms with van der Waals surface area (Å²) in [4.78, 5) is 23.3. The third-order valence-electron chi connectivity index (χ3n) is 3.36. The van der Waals surface area contributed by atoms with Gasteiger partial charge in [0.05, 0.1) is 23.3 Å². The third kappa shape index (κ3) is 7.73. The molecular weight excluding hydrogens is 476 g/mol. The van der Waals surface area contributed by atoms with Gasteiger partial charge >= 0.3 is 12.3 Å². The molecule has 164 valence electrons. The van der Waals surface area contributed by atoms with Crippen LogP contribution in [0.2, 0.25) is 0 Å². The average molecular weight is 495 g/mol. The van der Waals surface area contributed by atoms with Crippen molar-refractivity contribution in [2.24, 2.45) is 0 Å². The number of carbonyl (C=O) groups is 1. The van der Waals surface area contributed by atoms with E-state index in [0.717, 1.165) is 12.4 Å². The Hall–Kier alpha value is -2.50. The molecule has 0 bridgehead atoms. The molecule has 0 aliphatic rings. The molecule has 0 aliphatic carbocycles. The summed E-state index contributed by atoms with van der Waals surface area (Å²) in [5, 5.41) is 2.38. The van der Waals surface area contributed by atoms with Crippen molar-refractivity contribution in [2.75, 3.05) is 11.9 Å². The summed E-state index contributed by atoms with van der Waals surface area (Å²) >= 11 is 3.11. The van der Waals surface area contributed by atoms with Gasteiger partial charge in [-0.2, -0.15) is 13.2 Å². The van der Waals surface area contributed by atoms with Gasteiger partial charge in [-0.15, -0.1) is 0 Å². The lowest BCUT2D eigenvalue weighted by molar-refractivity contribution is -0.154. The van der Waals surface area contributed by atoms with Crippen LogP contribution >= 0.6 is 15.9 Å². The second-order valence-corrected chi connectivity index (χ2v) is 7.92. The maximum absolute atomic E-state index is 14.3. The summed E-state index contributed by atoms with van der Waals surface area (Å²) in [5.74, 6) is -0.926. The Morgan fingerprint density at radius 1 is 1.13 bits per heavy atom. The van der Waals surface area contributed by atoms with Crippen LogP contribution in [0.1, 0.15) is 32.2 Å². The van der Waals surface area contributed by atoms with Gasteiger partial charge < -0.3 is 9.47 Å². The lowest BCUT2D eigenvalue weighted by atomic mass is 10.1. The Balaban J connectivity index is 2.02. The van der Waals surface area contributed by atoms with Crippen molar-refractivity contribution >= 4 is 27.7 Å². The first-order valence-electron chi connectivity index (χ1n) is 8.67. The Labute approximate surface area is 178 Å². The number of ether oxygens (including phenoxy) is 2. The molecule has 1 N–H and O–H groups in total. The van der Waals surface area contributed by atoms with Gasteiger partial charge in [0, 0.05) is 6.07 Å². The minimum Gasteiger partial charge on any atom is -0.467 e. The molecule has 7 nitrogen and oxygen atoms in total. The summed E-state index contributed by atoms with van der Waals surface area (Å²) < 4.78 is 61.1. The second kappa shape index (κ2) is 9.54. The number of anilines is 1. The molecule has 2 aromatic heterocycles. The molecule has 0 unspecified atom stereocenters. The number of alkyl halides is 3. The maximum Gasteiger partial charge on any atom is 0.422 e. The zero-order valence-electron chi connectivity index (χ0n) is 16.3. The fourth-order valence-electron chi connectivity index (χ4n) is 2.19. The van der Waals surface area contributed by atoms with Crippen molar-refractivity contribution in [1.29, 1.82) is 0 Å². The van der Waals surface area contributed by atoms with Crippen LogP contribution in [0, 0.1) is 5.82 Å². The normalized spacial score (nSPS) is 11.9. The zero-order valence-corrected chi connectivity index (χ0v) is 17.9. The standard InChI is InChI=1S/C18H19BrF4N4O3/c1-17(2,3)30-16(28)27-10-6-11(20)12(24-7-10)4-5-13-14(19)15(26-9-25-13)29-8-18(21,22)23/h6-7,9H,4-5,8H2,1-3H3,(H,27,28).